The maximum absolute atomic E-state index is 5.96. The van der Waals surface area contributed by atoms with Crippen molar-refractivity contribution in [3.8, 4) is 5.75 Å². The van der Waals surface area contributed by atoms with Crippen LogP contribution in [0.15, 0.2) is 46.3 Å². The van der Waals surface area contributed by atoms with Crippen molar-refractivity contribution in [2.24, 2.45) is 10.4 Å². The number of thioether (sulfide) groups is 1. The van der Waals surface area contributed by atoms with E-state index >= 15 is 0 Å². The summed E-state index contributed by atoms with van der Waals surface area (Å²) in [5.74, 6) is 2.66. The molecule has 0 bridgehead atoms. The second-order valence-electron chi connectivity index (χ2n) is 7.49. The van der Waals surface area contributed by atoms with Crippen LogP contribution in [0.25, 0.3) is 0 Å². The summed E-state index contributed by atoms with van der Waals surface area (Å²) in [4.78, 5) is 6.06. The van der Waals surface area contributed by atoms with Crippen LogP contribution in [0, 0.1) is 12.3 Å². The van der Waals surface area contributed by atoms with Crippen molar-refractivity contribution in [3.05, 3.63) is 53.1 Å². The van der Waals surface area contributed by atoms with Crippen LogP contribution in [0.4, 0.5) is 5.69 Å². The molecule has 1 heterocycles. The number of nitrogens with zero attached hydrogens (tertiary/aromatic N) is 1. The quantitative estimate of drug-likeness (QED) is 0.611. The van der Waals surface area contributed by atoms with Crippen LogP contribution in [0.5, 0.6) is 5.75 Å². The third-order valence-corrected chi connectivity index (χ3v) is 5.83. The lowest BCUT2D eigenvalue weighted by molar-refractivity contribution is 0.362. The Morgan fingerprint density at radius 3 is 2.77 bits per heavy atom. The Balaban J connectivity index is 1.87. The number of rotatable bonds is 5. The number of methoxy groups -OCH3 is 1. The fourth-order valence-electron chi connectivity index (χ4n) is 3.00. The minimum atomic E-state index is 0.204. The van der Waals surface area contributed by atoms with Gasteiger partial charge in [-0.05, 0) is 30.7 Å². The van der Waals surface area contributed by atoms with Crippen LogP contribution in [0.2, 0.25) is 0 Å². The van der Waals surface area contributed by atoms with E-state index in [1.807, 2.05) is 18.2 Å². The minimum absolute atomic E-state index is 0.204. The Morgan fingerprint density at radius 1 is 1.27 bits per heavy atom. The molecule has 2 aromatic rings. The molecule has 1 aliphatic rings. The zero-order valence-electron chi connectivity index (χ0n) is 15.9. The molecule has 2 aromatic carbocycles. The number of benzene rings is 2. The first kappa shape index (κ1) is 18.6. The number of nitrogen functional groups attached to an aromatic ring is 1. The van der Waals surface area contributed by atoms with Gasteiger partial charge in [0, 0.05) is 46.0 Å². The van der Waals surface area contributed by atoms with Crippen molar-refractivity contribution in [3.63, 3.8) is 0 Å². The Morgan fingerprint density at radius 2 is 2.08 bits per heavy atom. The number of nitrogens with two attached hydrogens (primary N) is 1. The van der Waals surface area contributed by atoms with E-state index < -0.39 is 0 Å². The van der Waals surface area contributed by atoms with E-state index in [9.17, 15) is 0 Å². The van der Waals surface area contributed by atoms with E-state index in [1.54, 1.807) is 18.9 Å². The van der Waals surface area contributed by atoms with Crippen molar-refractivity contribution < 1.29 is 4.74 Å². The summed E-state index contributed by atoms with van der Waals surface area (Å²) < 4.78 is 5.48. The van der Waals surface area contributed by atoms with Gasteiger partial charge in [-0.2, -0.15) is 0 Å². The van der Waals surface area contributed by atoms with E-state index in [2.05, 4.69) is 44.3 Å². The highest BCUT2D eigenvalue weighted by Crippen LogP contribution is 2.34. The highest BCUT2D eigenvalue weighted by molar-refractivity contribution is 7.98. The molecule has 4 nitrogen and oxygen atoms in total. The van der Waals surface area contributed by atoms with Crippen LogP contribution in [0.1, 0.15) is 30.5 Å². The molecule has 0 unspecified atom stereocenters. The zero-order valence-corrected chi connectivity index (χ0v) is 16.7. The number of hydrogen-bond donors (Lipinski definition) is 2. The second-order valence-corrected chi connectivity index (χ2v) is 8.48. The molecule has 0 atom stereocenters. The lowest BCUT2D eigenvalue weighted by Crippen LogP contribution is -2.41. The van der Waals surface area contributed by atoms with E-state index in [-0.39, 0.29) is 5.41 Å². The molecule has 0 radical (unpaired) electrons. The smallest absolute Gasteiger partial charge is 0.129 e. The van der Waals surface area contributed by atoms with Gasteiger partial charge < -0.3 is 15.8 Å². The molecule has 3 rings (SSSR count). The van der Waals surface area contributed by atoms with Crippen LogP contribution < -0.4 is 15.8 Å². The molecule has 0 aromatic heterocycles. The fraction of sp³-hybridized carbons (Fsp3) is 0.381. The van der Waals surface area contributed by atoms with Crippen LogP contribution in [-0.4, -0.2) is 26.0 Å². The predicted molar refractivity (Wildman–Crippen MR) is 111 cm³/mol. The third-order valence-electron chi connectivity index (χ3n) is 4.54. The van der Waals surface area contributed by atoms with Gasteiger partial charge >= 0.3 is 0 Å². The van der Waals surface area contributed by atoms with Gasteiger partial charge in [-0.1, -0.05) is 32.0 Å². The van der Waals surface area contributed by atoms with Gasteiger partial charge in [0.25, 0.3) is 0 Å². The lowest BCUT2D eigenvalue weighted by atomic mass is 9.92. The summed E-state index contributed by atoms with van der Waals surface area (Å²) in [6.45, 7) is 8.40. The average molecular weight is 370 g/mol. The van der Waals surface area contributed by atoms with Crippen molar-refractivity contribution in [2.45, 2.75) is 31.4 Å². The molecule has 1 aliphatic heterocycles. The molecule has 0 saturated carbocycles. The molecule has 3 N–H and O–H groups in total. The lowest BCUT2D eigenvalue weighted by Gasteiger charge is -2.30. The molecule has 0 fully saturated rings. The highest BCUT2D eigenvalue weighted by atomic mass is 32.2. The van der Waals surface area contributed by atoms with Gasteiger partial charge in [0.2, 0.25) is 0 Å². The van der Waals surface area contributed by atoms with E-state index in [0.717, 1.165) is 41.7 Å². The van der Waals surface area contributed by atoms with Crippen molar-refractivity contribution in [1.82, 2.24) is 5.32 Å². The molecule has 0 spiro atoms. The summed E-state index contributed by atoms with van der Waals surface area (Å²) in [5.41, 5.74) is 10.5. The molecule has 0 amide bonds. The Labute approximate surface area is 160 Å². The first-order valence-electron chi connectivity index (χ1n) is 8.83. The molecular weight excluding hydrogens is 342 g/mol. The van der Waals surface area contributed by atoms with Crippen molar-refractivity contribution in [1.29, 1.82) is 0 Å². The Bertz CT molecular complexity index is 830. The van der Waals surface area contributed by atoms with Gasteiger partial charge in [0.15, 0.2) is 0 Å². The molecule has 138 valence electrons. The maximum Gasteiger partial charge on any atom is 0.129 e. The normalized spacial score (nSPS) is 15.9. The van der Waals surface area contributed by atoms with E-state index in [4.69, 9.17) is 15.5 Å². The average Bonchev–Trinajstić information content (AvgIpc) is 2.61. The first-order chi connectivity index (χ1) is 12.4. The largest absolute Gasteiger partial charge is 0.496 e. The van der Waals surface area contributed by atoms with Gasteiger partial charge in [-0.3, -0.25) is 4.99 Å². The third kappa shape index (κ3) is 4.15. The molecular formula is C21H27N3OS. The molecule has 0 aliphatic carbocycles. The minimum Gasteiger partial charge on any atom is -0.496 e. The Kier molecular flexibility index (Phi) is 5.47. The van der Waals surface area contributed by atoms with Crippen LogP contribution >= 0.6 is 11.8 Å². The van der Waals surface area contributed by atoms with Crippen molar-refractivity contribution >= 4 is 23.3 Å². The topological polar surface area (TPSA) is 59.6 Å². The second kappa shape index (κ2) is 7.62. The molecule has 26 heavy (non-hydrogen) atoms. The summed E-state index contributed by atoms with van der Waals surface area (Å²) in [7, 11) is 1.70. The van der Waals surface area contributed by atoms with E-state index in [0.29, 0.717) is 0 Å². The van der Waals surface area contributed by atoms with Crippen LogP contribution in [-0.2, 0) is 5.75 Å². The number of nitrogens with one attached hydrogen (secondary N) is 1. The number of ether oxygens (including phenoxy) is 1. The zero-order chi connectivity index (χ0) is 18.7. The fourth-order valence-corrected chi connectivity index (χ4v) is 4.14. The summed E-state index contributed by atoms with van der Waals surface area (Å²) in [6.07, 6.45) is 0. The molecule has 5 heteroatoms. The van der Waals surface area contributed by atoms with Gasteiger partial charge in [-0.25, -0.2) is 0 Å². The SMILES string of the molecule is COc1ccc(N)cc1CSc1c(C)cccc1C1=NCC(C)(C)CN1. The number of aryl methyl sites for hydroxylation is 1. The summed E-state index contributed by atoms with van der Waals surface area (Å²) in [6, 6.07) is 12.2. The number of hydrogen-bond acceptors (Lipinski definition) is 5. The number of aliphatic imine (C=N–C) groups is 1. The predicted octanol–water partition coefficient (Wildman–Crippen LogP) is 4.25. The van der Waals surface area contributed by atoms with Crippen LogP contribution in [0.3, 0.4) is 0 Å². The summed E-state index contributed by atoms with van der Waals surface area (Å²) in [5, 5.41) is 3.52. The first-order valence-corrected chi connectivity index (χ1v) is 9.82. The summed E-state index contributed by atoms with van der Waals surface area (Å²) >= 11 is 1.80. The van der Waals surface area contributed by atoms with Gasteiger partial charge in [-0.15, -0.1) is 11.8 Å². The number of amidine groups is 1. The van der Waals surface area contributed by atoms with E-state index in [1.165, 1.54) is 16.0 Å². The highest BCUT2D eigenvalue weighted by Gasteiger charge is 2.24. The van der Waals surface area contributed by atoms with Gasteiger partial charge in [0.05, 0.1) is 7.11 Å². The monoisotopic (exact) mass is 369 g/mol. The van der Waals surface area contributed by atoms with Crippen molar-refractivity contribution in [2.75, 3.05) is 25.9 Å². The number of anilines is 1. The molecule has 0 saturated heterocycles. The Hall–Kier alpha value is -2.14. The standard InChI is InChI=1S/C21H27N3OS/c1-14-6-5-7-17(20-23-12-21(2,3)13-24-20)19(14)26-11-15-10-16(22)8-9-18(15)25-4/h5-10H,11-13,22H2,1-4H3,(H,23,24). The maximum atomic E-state index is 5.96. The van der Waals surface area contributed by atoms with Gasteiger partial charge in [0.1, 0.15) is 11.6 Å².